The Balaban J connectivity index is 1.65. The van der Waals surface area contributed by atoms with Crippen molar-refractivity contribution < 1.29 is 12.8 Å². The predicted molar refractivity (Wildman–Crippen MR) is 93.4 cm³/mol. The second-order valence-electron chi connectivity index (χ2n) is 6.01. The number of anilines is 1. The van der Waals surface area contributed by atoms with Crippen molar-refractivity contribution in [1.29, 1.82) is 0 Å². The van der Waals surface area contributed by atoms with Gasteiger partial charge in [0.25, 0.3) is 0 Å². The zero-order valence-corrected chi connectivity index (χ0v) is 14.8. The lowest BCUT2D eigenvalue weighted by Gasteiger charge is -2.33. The summed E-state index contributed by atoms with van der Waals surface area (Å²) >= 11 is 0. The van der Waals surface area contributed by atoms with E-state index in [1.807, 2.05) is 11.8 Å². The molecule has 1 fully saturated rings. The van der Waals surface area contributed by atoms with E-state index in [0.29, 0.717) is 43.9 Å². The number of sulfonamides is 1. The molecule has 0 unspecified atom stereocenters. The fourth-order valence-corrected chi connectivity index (χ4v) is 4.28. The van der Waals surface area contributed by atoms with E-state index in [-0.39, 0.29) is 16.8 Å². The predicted octanol–water partition coefficient (Wildman–Crippen LogP) is 2.13. The van der Waals surface area contributed by atoms with Gasteiger partial charge < -0.3 is 4.90 Å². The molecule has 0 atom stereocenters. The van der Waals surface area contributed by atoms with Crippen LogP contribution in [0, 0.1) is 5.82 Å². The Kier molecular flexibility index (Phi) is 5.29. The van der Waals surface area contributed by atoms with Crippen molar-refractivity contribution in [3.63, 3.8) is 0 Å². The first-order valence-electron chi connectivity index (χ1n) is 8.33. The fourth-order valence-electron chi connectivity index (χ4n) is 2.96. The Bertz CT molecular complexity index is 822. The van der Waals surface area contributed by atoms with E-state index in [1.54, 1.807) is 30.3 Å². The van der Waals surface area contributed by atoms with Gasteiger partial charge in [-0.1, -0.05) is 25.1 Å². The third-order valence-corrected chi connectivity index (χ3v) is 5.88. The van der Waals surface area contributed by atoms with Crippen LogP contribution in [0.4, 0.5) is 10.2 Å². The summed E-state index contributed by atoms with van der Waals surface area (Å²) in [5.41, 5.74) is 0.400. The molecule has 1 aliphatic heterocycles. The molecular formula is C17H21FN4O2S. The van der Waals surface area contributed by atoms with E-state index in [2.05, 4.69) is 14.7 Å². The maximum atomic E-state index is 14.4. The Hall–Kier alpha value is -2.06. The highest BCUT2D eigenvalue weighted by atomic mass is 32.2. The highest BCUT2D eigenvalue weighted by Gasteiger charge is 2.26. The average molecular weight is 364 g/mol. The minimum Gasteiger partial charge on any atom is -0.354 e. The lowest BCUT2D eigenvalue weighted by molar-refractivity contribution is 0.452. The summed E-state index contributed by atoms with van der Waals surface area (Å²) in [5.74, 6) is -0.0791. The zero-order valence-electron chi connectivity index (χ0n) is 14.0. The molecule has 0 radical (unpaired) electrons. The van der Waals surface area contributed by atoms with Crippen molar-refractivity contribution in [3.05, 3.63) is 48.2 Å². The third-order valence-electron chi connectivity index (χ3n) is 4.35. The molecule has 6 nitrogen and oxygen atoms in total. The maximum absolute atomic E-state index is 14.4. The minimum absolute atomic E-state index is 0.169. The van der Waals surface area contributed by atoms with Gasteiger partial charge in [0.15, 0.2) is 11.6 Å². The van der Waals surface area contributed by atoms with Crippen molar-refractivity contribution in [2.75, 3.05) is 18.0 Å². The largest absolute Gasteiger partial charge is 0.354 e. The van der Waals surface area contributed by atoms with Gasteiger partial charge in [-0.25, -0.2) is 27.5 Å². The molecule has 8 heteroatoms. The normalized spacial score (nSPS) is 16.2. The molecule has 25 heavy (non-hydrogen) atoms. The second-order valence-corrected chi connectivity index (χ2v) is 7.72. The summed E-state index contributed by atoms with van der Waals surface area (Å²) in [5, 5.41) is 0. The van der Waals surface area contributed by atoms with E-state index >= 15 is 0 Å². The van der Waals surface area contributed by atoms with Crippen molar-refractivity contribution in [1.82, 2.24) is 14.7 Å². The summed E-state index contributed by atoms with van der Waals surface area (Å²) in [4.78, 5) is 10.1. The lowest BCUT2D eigenvalue weighted by Crippen LogP contribution is -2.45. The number of nitrogens with zero attached hydrogens (tertiary/aromatic N) is 3. The summed E-state index contributed by atoms with van der Waals surface area (Å²) in [6.45, 7) is 2.93. The van der Waals surface area contributed by atoms with Crippen LogP contribution in [0.3, 0.4) is 0 Å². The zero-order chi connectivity index (χ0) is 17.9. The molecule has 0 bridgehead atoms. The molecule has 3 rings (SSSR count). The van der Waals surface area contributed by atoms with Crippen molar-refractivity contribution in [3.8, 4) is 0 Å². The molecule has 1 N–H and O–H groups in total. The first-order valence-corrected chi connectivity index (χ1v) is 9.81. The highest BCUT2D eigenvalue weighted by Crippen LogP contribution is 2.23. The molecule has 1 aromatic carbocycles. The first-order chi connectivity index (χ1) is 12.0. The number of hydrogen-bond donors (Lipinski definition) is 1. The number of piperidine rings is 1. The lowest BCUT2D eigenvalue weighted by atomic mass is 10.1. The Labute approximate surface area is 147 Å². The van der Waals surface area contributed by atoms with E-state index in [1.165, 1.54) is 6.33 Å². The summed E-state index contributed by atoms with van der Waals surface area (Å²) < 4.78 is 41.9. The van der Waals surface area contributed by atoms with Crippen LogP contribution >= 0.6 is 0 Å². The number of aryl methyl sites for hydroxylation is 1. The van der Waals surface area contributed by atoms with Gasteiger partial charge in [0.05, 0.1) is 10.6 Å². The first kappa shape index (κ1) is 17.8. The SMILES string of the molecule is CCc1ncnc(N2CCC(NS(=O)(=O)c3ccccc3)CC2)c1F. The standard InChI is InChI=1S/C17H21FN4O2S/c1-2-15-16(18)17(20-12-19-15)22-10-8-13(9-11-22)21-25(23,24)14-6-4-3-5-7-14/h3-7,12-13,21H,2,8-11H2,1H3. The Morgan fingerprint density at radius 3 is 2.52 bits per heavy atom. The van der Waals surface area contributed by atoms with Crippen molar-refractivity contribution in [2.45, 2.75) is 37.1 Å². The molecule has 2 heterocycles. The summed E-state index contributed by atoms with van der Waals surface area (Å²) in [6.07, 6.45) is 3.07. The molecular weight excluding hydrogens is 343 g/mol. The van der Waals surface area contributed by atoms with Gasteiger partial charge in [-0.2, -0.15) is 0 Å². The molecule has 1 aliphatic rings. The molecule has 1 saturated heterocycles. The highest BCUT2D eigenvalue weighted by molar-refractivity contribution is 7.89. The fraction of sp³-hybridized carbons (Fsp3) is 0.412. The van der Waals surface area contributed by atoms with Crippen LogP contribution < -0.4 is 9.62 Å². The van der Waals surface area contributed by atoms with Crippen LogP contribution in [-0.4, -0.2) is 37.5 Å². The minimum atomic E-state index is -3.53. The van der Waals surface area contributed by atoms with Gasteiger partial charge in [-0.05, 0) is 31.4 Å². The van der Waals surface area contributed by atoms with Crippen LogP contribution in [-0.2, 0) is 16.4 Å². The molecule has 0 spiro atoms. The quantitative estimate of drug-likeness (QED) is 0.880. The van der Waals surface area contributed by atoms with E-state index in [0.717, 1.165) is 0 Å². The second kappa shape index (κ2) is 7.45. The van der Waals surface area contributed by atoms with E-state index < -0.39 is 10.0 Å². The van der Waals surface area contributed by atoms with Crippen LogP contribution in [0.25, 0.3) is 0 Å². The van der Waals surface area contributed by atoms with Gasteiger partial charge >= 0.3 is 0 Å². The monoisotopic (exact) mass is 364 g/mol. The smallest absolute Gasteiger partial charge is 0.240 e. The average Bonchev–Trinajstić information content (AvgIpc) is 2.63. The molecule has 2 aromatic rings. The number of rotatable bonds is 5. The van der Waals surface area contributed by atoms with E-state index in [4.69, 9.17) is 0 Å². The Morgan fingerprint density at radius 1 is 1.20 bits per heavy atom. The van der Waals surface area contributed by atoms with Gasteiger partial charge in [0, 0.05) is 19.1 Å². The van der Waals surface area contributed by atoms with E-state index in [9.17, 15) is 12.8 Å². The number of aromatic nitrogens is 2. The third kappa shape index (κ3) is 3.96. The van der Waals surface area contributed by atoms with Crippen molar-refractivity contribution >= 4 is 15.8 Å². The molecule has 0 amide bonds. The van der Waals surface area contributed by atoms with Crippen LogP contribution in [0.1, 0.15) is 25.5 Å². The number of benzene rings is 1. The van der Waals surface area contributed by atoms with Crippen LogP contribution in [0.15, 0.2) is 41.6 Å². The molecule has 0 aliphatic carbocycles. The molecule has 1 aromatic heterocycles. The number of halogens is 1. The van der Waals surface area contributed by atoms with Gasteiger partial charge in [-0.15, -0.1) is 0 Å². The maximum Gasteiger partial charge on any atom is 0.240 e. The number of nitrogens with one attached hydrogen (secondary N) is 1. The van der Waals surface area contributed by atoms with Gasteiger partial charge in [0.2, 0.25) is 10.0 Å². The van der Waals surface area contributed by atoms with Gasteiger partial charge in [-0.3, -0.25) is 0 Å². The van der Waals surface area contributed by atoms with Gasteiger partial charge in [0.1, 0.15) is 6.33 Å². The summed E-state index contributed by atoms with van der Waals surface area (Å²) in [6, 6.07) is 8.14. The number of hydrogen-bond acceptors (Lipinski definition) is 5. The summed E-state index contributed by atoms with van der Waals surface area (Å²) in [7, 11) is -3.53. The van der Waals surface area contributed by atoms with Crippen LogP contribution in [0.5, 0.6) is 0 Å². The van der Waals surface area contributed by atoms with Crippen LogP contribution in [0.2, 0.25) is 0 Å². The molecule has 0 saturated carbocycles. The topological polar surface area (TPSA) is 75.2 Å². The molecule has 134 valence electrons. The van der Waals surface area contributed by atoms with Crippen molar-refractivity contribution in [2.24, 2.45) is 0 Å². The Morgan fingerprint density at radius 2 is 1.88 bits per heavy atom.